The normalized spacial score (nSPS) is 24.6. The van der Waals surface area contributed by atoms with Crippen molar-refractivity contribution in [1.29, 1.82) is 0 Å². The molecule has 142 valence electrons. The molecule has 25 heavy (non-hydrogen) atoms. The van der Waals surface area contributed by atoms with Crippen molar-refractivity contribution in [3.8, 4) is 12.3 Å². The number of ether oxygens (including phenoxy) is 1. The van der Waals surface area contributed by atoms with E-state index in [1.807, 2.05) is 13.8 Å². The minimum absolute atomic E-state index is 0.0477. The third-order valence-electron chi connectivity index (χ3n) is 5.05. The molecule has 0 spiro atoms. The molecule has 0 saturated heterocycles. The molecule has 4 atom stereocenters. The zero-order chi connectivity index (χ0) is 19.0. The Balaban J connectivity index is 2.74. The molecule has 0 unspecified atom stereocenters. The number of carbonyl (C=O) groups excluding carboxylic acids is 2. The van der Waals surface area contributed by atoms with Crippen LogP contribution < -0.4 is 5.32 Å². The predicted molar refractivity (Wildman–Crippen MR) is 101 cm³/mol. The molecule has 0 aromatic heterocycles. The summed E-state index contributed by atoms with van der Waals surface area (Å²) in [7, 11) is 0. The van der Waals surface area contributed by atoms with Crippen molar-refractivity contribution in [2.24, 2.45) is 23.7 Å². The summed E-state index contributed by atoms with van der Waals surface area (Å²) in [5, 5.41) is 2.82. The Morgan fingerprint density at radius 2 is 1.92 bits per heavy atom. The quantitative estimate of drug-likeness (QED) is 0.533. The van der Waals surface area contributed by atoms with Gasteiger partial charge in [0, 0.05) is 12.8 Å². The summed E-state index contributed by atoms with van der Waals surface area (Å²) in [6.45, 7) is 10.7. The maximum Gasteiger partial charge on any atom is 0.328 e. The molecule has 4 heteroatoms. The number of rotatable bonds is 8. The Bertz CT molecular complexity index is 478. The molecular formula is C21H35NO3. The Hall–Kier alpha value is -1.50. The molecule has 0 bridgehead atoms. The fourth-order valence-corrected chi connectivity index (χ4v) is 3.62. The zero-order valence-electron chi connectivity index (χ0n) is 16.5. The van der Waals surface area contributed by atoms with E-state index in [1.165, 1.54) is 6.42 Å². The number of hydrogen-bond acceptors (Lipinski definition) is 3. The summed E-state index contributed by atoms with van der Waals surface area (Å²) >= 11 is 0. The molecule has 4 nitrogen and oxygen atoms in total. The van der Waals surface area contributed by atoms with Crippen LogP contribution in [0.4, 0.5) is 0 Å². The van der Waals surface area contributed by atoms with Gasteiger partial charge >= 0.3 is 5.97 Å². The molecule has 0 aliphatic heterocycles. The molecule has 1 saturated carbocycles. The van der Waals surface area contributed by atoms with Crippen molar-refractivity contribution in [1.82, 2.24) is 5.32 Å². The fraction of sp³-hybridized carbons (Fsp3) is 0.810. The van der Waals surface area contributed by atoms with Gasteiger partial charge in [-0.1, -0.05) is 41.0 Å². The molecule has 0 heterocycles. The number of esters is 1. The zero-order valence-corrected chi connectivity index (χ0v) is 16.5. The molecule has 0 aromatic carbocycles. The lowest BCUT2D eigenvalue weighted by molar-refractivity contribution is -0.160. The molecule has 1 N–H and O–H groups in total. The first kappa shape index (κ1) is 21.5. The molecule has 0 aromatic rings. The van der Waals surface area contributed by atoms with Crippen molar-refractivity contribution in [3.63, 3.8) is 0 Å². The summed E-state index contributed by atoms with van der Waals surface area (Å²) < 4.78 is 5.91. The van der Waals surface area contributed by atoms with Crippen LogP contribution in [0.3, 0.4) is 0 Å². The summed E-state index contributed by atoms with van der Waals surface area (Å²) in [4.78, 5) is 24.8. The van der Waals surface area contributed by atoms with Gasteiger partial charge in [0.1, 0.15) is 12.1 Å². The number of amides is 1. The van der Waals surface area contributed by atoms with E-state index in [0.29, 0.717) is 30.6 Å². The number of carbonyl (C=O) groups is 2. The molecule has 1 aliphatic carbocycles. The number of terminal acetylenes is 1. The van der Waals surface area contributed by atoms with E-state index >= 15 is 0 Å². The molecule has 1 amide bonds. The van der Waals surface area contributed by atoms with Crippen molar-refractivity contribution in [3.05, 3.63) is 0 Å². The van der Waals surface area contributed by atoms with Gasteiger partial charge in [0.05, 0.1) is 0 Å². The third-order valence-corrected chi connectivity index (χ3v) is 5.05. The minimum Gasteiger partial charge on any atom is -0.461 e. The second-order valence-electron chi connectivity index (χ2n) is 8.26. The summed E-state index contributed by atoms with van der Waals surface area (Å²) in [5.41, 5.74) is 0. The maximum atomic E-state index is 12.8. The monoisotopic (exact) mass is 349 g/mol. The Morgan fingerprint density at radius 1 is 1.24 bits per heavy atom. The van der Waals surface area contributed by atoms with Crippen LogP contribution in [0.1, 0.15) is 73.1 Å². The first-order valence-electron chi connectivity index (χ1n) is 9.67. The topological polar surface area (TPSA) is 55.4 Å². The Kier molecular flexibility index (Phi) is 9.03. The van der Waals surface area contributed by atoms with Crippen molar-refractivity contribution < 1.29 is 14.3 Å². The fourth-order valence-electron chi connectivity index (χ4n) is 3.62. The highest BCUT2D eigenvalue weighted by atomic mass is 16.5. The highest BCUT2D eigenvalue weighted by molar-refractivity contribution is 5.84. The van der Waals surface area contributed by atoms with E-state index in [1.54, 1.807) is 0 Å². The van der Waals surface area contributed by atoms with Gasteiger partial charge in [0.2, 0.25) is 5.91 Å². The lowest BCUT2D eigenvalue weighted by atomic mass is 9.75. The standard InChI is InChI=1S/C21H35NO3/c1-7-8-9-20(23)22-18(12-14(2)3)21(24)25-19-13-16(6)10-11-17(19)15(4)5/h1,14-19H,8-13H2,2-6H3,(H,22,23)/t16-,17+,18-,19-/m0/s1. The van der Waals surface area contributed by atoms with Crippen LogP contribution in [-0.2, 0) is 14.3 Å². The summed E-state index contributed by atoms with van der Waals surface area (Å²) in [6.07, 6.45) is 9.56. The second kappa shape index (κ2) is 10.5. The van der Waals surface area contributed by atoms with Gasteiger partial charge in [-0.15, -0.1) is 12.3 Å². The van der Waals surface area contributed by atoms with E-state index < -0.39 is 6.04 Å². The first-order valence-corrected chi connectivity index (χ1v) is 9.67. The van der Waals surface area contributed by atoms with Crippen LogP contribution in [0.5, 0.6) is 0 Å². The molecule has 1 fully saturated rings. The molecule has 0 radical (unpaired) electrons. The lowest BCUT2D eigenvalue weighted by Crippen LogP contribution is -2.46. The molecule has 1 aliphatic rings. The van der Waals surface area contributed by atoms with Gasteiger partial charge in [0.15, 0.2) is 0 Å². The van der Waals surface area contributed by atoms with E-state index in [9.17, 15) is 9.59 Å². The third kappa shape index (κ3) is 7.50. The van der Waals surface area contributed by atoms with E-state index in [-0.39, 0.29) is 30.3 Å². The van der Waals surface area contributed by atoms with Crippen molar-refractivity contribution in [2.75, 3.05) is 0 Å². The maximum absolute atomic E-state index is 12.8. The average molecular weight is 350 g/mol. The van der Waals surface area contributed by atoms with Gasteiger partial charge in [-0.25, -0.2) is 4.79 Å². The van der Waals surface area contributed by atoms with E-state index in [0.717, 1.165) is 12.8 Å². The molecular weight excluding hydrogens is 314 g/mol. The Morgan fingerprint density at radius 3 is 2.48 bits per heavy atom. The number of nitrogens with one attached hydrogen (secondary N) is 1. The van der Waals surface area contributed by atoms with Gasteiger partial charge in [-0.05, 0) is 42.9 Å². The van der Waals surface area contributed by atoms with Gasteiger partial charge in [0.25, 0.3) is 0 Å². The van der Waals surface area contributed by atoms with Crippen LogP contribution in [0, 0.1) is 36.0 Å². The minimum atomic E-state index is -0.588. The van der Waals surface area contributed by atoms with E-state index in [4.69, 9.17) is 11.2 Å². The van der Waals surface area contributed by atoms with Gasteiger partial charge < -0.3 is 10.1 Å². The largest absolute Gasteiger partial charge is 0.461 e. The van der Waals surface area contributed by atoms with Crippen LogP contribution in [0.15, 0.2) is 0 Å². The van der Waals surface area contributed by atoms with Crippen LogP contribution in [0.25, 0.3) is 0 Å². The van der Waals surface area contributed by atoms with Crippen LogP contribution in [-0.4, -0.2) is 24.0 Å². The van der Waals surface area contributed by atoms with Crippen molar-refractivity contribution in [2.45, 2.75) is 85.3 Å². The van der Waals surface area contributed by atoms with E-state index in [2.05, 4.69) is 32.0 Å². The average Bonchev–Trinajstić information content (AvgIpc) is 2.51. The van der Waals surface area contributed by atoms with Crippen LogP contribution in [0.2, 0.25) is 0 Å². The summed E-state index contributed by atoms with van der Waals surface area (Å²) in [6, 6.07) is -0.588. The molecule has 1 rings (SSSR count). The smallest absolute Gasteiger partial charge is 0.328 e. The predicted octanol–water partition coefficient (Wildman–Crippen LogP) is 3.93. The second-order valence-corrected chi connectivity index (χ2v) is 8.26. The lowest BCUT2D eigenvalue weighted by Gasteiger charge is -2.37. The van der Waals surface area contributed by atoms with Gasteiger partial charge in [-0.2, -0.15) is 0 Å². The summed E-state index contributed by atoms with van der Waals surface area (Å²) in [5.74, 6) is 3.72. The first-order chi connectivity index (χ1) is 11.7. The van der Waals surface area contributed by atoms with Crippen molar-refractivity contribution >= 4 is 11.9 Å². The highest BCUT2D eigenvalue weighted by Crippen LogP contribution is 2.35. The Labute approximate surface area is 153 Å². The SMILES string of the molecule is C#CCCC(=O)N[C@@H](CC(C)C)C(=O)O[C@H]1C[C@@H](C)CC[C@@H]1C(C)C. The highest BCUT2D eigenvalue weighted by Gasteiger charge is 2.35. The van der Waals surface area contributed by atoms with Crippen LogP contribution >= 0.6 is 0 Å². The number of hydrogen-bond donors (Lipinski definition) is 1. The van der Waals surface area contributed by atoms with Gasteiger partial charge in [-0.3, -0.25) is 4.79 Å².